The van der Waals surface area contributed by atoms with Crippen LogP contribution in [0.5, 0.6) is 0 Å². The smallest absolute Gasteiger partial charge is 0.128 e. The summed E-state index contributed by atoms with van der Waals surface area (Å²) in [6.07, 6.45) is 1.71. The lowest BCUT2D eigenvalue weighted by atomic mass is 10.2. The molecular formula is C12H20N2O2. The van der Waals surface area contributed by atoms with Gasteiger partial charge in [0.05, 0.1) is 19.3 Å². The highest BCUT2D eigenvalue weighted by Crippen LogP contribution is 2.14. The van der Waals surface area contributed by atoms with Crippen molar-refractivity contribution in [3.8, 4) is 0 Å². The van der Waals surface area contributed by atoms with Crippen molar-refractivity contribution < 1.29 is 9.84 Å². The Morgan fingerprint density at radius 1 is 1.50 bits per heavy atom. The van der Waals surface area contributed by atoms with Crippen molar-refractivity contribution >= 4 is 5.82 Å². The lowest BCUT2D eigenvalue weighted by Crippen LogP contribution is -2.36. The first-order valence-electron chi connectivity index (χ1n) is 5.54. The van der Waals surface area contributed by atoms with Gasteiger partial charge in [-0.2, -0.15) is 0 Å². The van der Waals surface area contributed by atoms with E-state index < -0.39 is 0 Å². The summed E-state index contributed by atoms with van der Waals surface area (Å²) in [5.41, 5.74) is 0.833. The van der Waals surface area contributed by atoms with Gasteiger partial charge in [0.15, 0.2) is 0 Å². The first-order chi connectivity index (χ1) is 7.72. The van der Waals surface area contributed by atoms with Crippen LogP contribution in [0.3, 0.4) is 0 Å². The zero-order chi connectivity index (χ0) is 12.0. The monoisotopic (exact) mass is 224 g/mol. The van der Waals surface area contributed by atoms with Crippen molar-refractivity contribution in [1.82, 2.24) is 4.98 Å². The summed E-state index contributed by atoms with van der Waals surface area (Å²) < 4.78 is 5.14. The fraction of sp³-hybridized carbons (Fsp3) is 0.583. The van der Waals surface area contributed by atoms with E-state index in [4.69, 9.17) is 9.84 Å². The summed E-state index contributed by atoms with van der Waals surface area (Å²) in [7, 11) is 1.70. The van der Waals surface area contributed by atoms with Crippen LogP contribution in [0.15, 0.2) is 18.3 Å². The van der Waals surface area contributed by atoms with Gasteiger partial charge in [-0.3, -0.25) is 0 Å². The number of aliphatic hydroxyl groups is 1. The van der Waals surface area contributed by atoms with Crippen LogP contribution in [0.25, 0.3) is 0 Å². The standard InChI is InChI=1S/C12H20N2O2/c1-4-14(10(2)9-16-3)12-6-5-11(8-15)7-13-12/h5-7,10,15H,4,8-9H2,1-3H3. The van der Waals surface area contributed by atoms with Crippen LogP contribution < -0.4 is 4.90 Å². The molecule has 0 saturated carbocycles. The topological polar surface area (TPSA) is 45.6 Å². The summed E-state index contributed by atoms with van der Waals surface area (Å²) in [6.45, 7) is 5.79. The fourth-order valence-corrected chi connectivity index (χ4v) is 1.71. The molecule has 4 nitrogen and oxygen atoms in total. The van der Waals surface area contributed by atoms with Crippen molar-refractivity contribution in [2.75, 3.05) is 25.2 Å². The normalized spacial score (nSPS) is 12.5. The van der Waals surface area contributed by atoms with Crippen LogP contribution in [0.4, 0.5) is 5.82 Å². The van der Waals surface area contributed by atoms with Crippen LogP contribution in [-0.4, -0.2) is 36.4 Å². The number of aromatic nitrogens is 1. The Hall–Kier alpha value is -1.13. The lowest BCUT2D eigenvalue weighted by Gasteiger charge is -2.28. The number of hydrogen-bond donors (Lipinski definition) is 1. The molecule has 16 heavy (non-hydrogen) atoms. The van der Waals surface area contributed by atoms with E-state index >= 15 is 0 Å². The molecule has 1 rings (SSSR count). The summed E-state index contributed by atoms with van der Waals surface area (Å²) in [6, 6.07) is 4.12. The molecule has 90 valence electrons. The minimum Gasteiger partial charge on any atom is -0.392 e. The Kier molecular flexibility index (Phi) is 5.22. The molecule has 4 heteroatoms. The number of methoxy groups -OCH3 is 1. The maximum atomic E-state index is 8.94. The van der Waals surface area contributed by atoms with Gasteiger partial charge in [-0.15, -0.1) is 0 Å². The average Bonchev–Trinajstić information content (AvgIpc) is 2.31. The zero-order valence-corrected chi connectivity index (χ0v) is 10.2. The highest BCUT2D eigenvalue weighted by molar-refractivity contribution is 5.40. The maximum Gasteiger partial charge on any atom is 0.128 e. The number of rotatable bonds is 6. The van der Waals surface area contributed by atoms with E-state index in [-0.39, 0.29) is 6.61 Å². The number of ether oxygens (including phenoxy) is 1. The van der Waals surface area contributed by atoms with Gasteiger partial charge < -0.3 is 14.7 Å². The van der Waals surface area contributed by atoms with E-state index in [0.717, 1.165) is 17.9 Å². The molecule has 0 aliphatic carbocycles. The van der Waals surface area contributed by atoms with E-state index in [1.54, 1.807) is 13.3 Å². The molecule has 0 aliphatic heterocycles. The van der Waals surface area contributed by atoms with E-state index in [0.29, 0.717) is 12.6 Å². The van der Waals surface area contributed by atoms with Crippen LogP contribution >= 0.6 is 0 Å². The Morgan fingerprint density at radius 3 is 2.69 bits per heavy atom. The highest BCUT2D eigenvalue weighted by Gasteiger charge is 2.13. The minimum atomic E-state index is 0.0348. The maximum absolute atomic E-state index is 8.94. The van der Waals surface area contributed by atoms with Crippen molar-refractivity contribution in [3.63, 3.8) is 0 Å². The van der Waals surface area contributed by atoms with Gasteiger partial charge in [0, 0.05) is 19.9 Å². The molecule has 1 N–H and O–H groups in total. The van der Waals surface area contributed by atoms with Gasteiger partial charge in [-0.05, 0) is 25.5 Å². The molecule has 0 fully saturated rings. The molecular weight excluding hydrogens is 204 g/mol. The SMILES string of the molecule is CCN(c1ccc(CO)cn1)C(C)COC. The molecule has 1 heterocycles. The summed E-state index contributed by atoms with van der Waals surface area (Å²) >= 11 is 0. The van der Waals surface area contributed by atoms with Crippen LogP contribution in [0.2, 0.25) is 0 Å². The molecule has 1 unspecified atom stereocenters. The van der Waals surface area contributed by atoms with Gasteiger partial charge in [-0.1, -0.05) is 6.07 Å². The molecule has 0 aromatic carbocycles. The third-order valence-corrected chi connectivity index (χ3v) is 2.57. The Bertz CT molecular complexity index is 300. The van der Waals surface area contributed by atoms with Gasteiger partial charge in [0.1, 0.15) is 5.82 Å². The molecule has 1 aromatic rings. The molecule has 0 aliphatic rings. The van der Waals surface area contributed by atoms with Crippen LogP contribution in [0, 0.1) is 0 Å². The number of likely N-dealkylation sites (N-methyl/N-ethyl adjacent to an activating group) is 1. The molecule has 1 atom stereocenters. The second-order valence-corrected chi connectivity index (χ2v) is 3.77. The second-order valence-electron chi connectivity index (χ2n) is 3.77. The summed E-state index contributed by atoms with van der Waals surface area (Å²) in [5.74, 6) is 0.921. The Balaban J connectivity index is 2.78. The summed E-state index contributed by atoms with van der Waals surface area (Å²) in [5, 5.41) is 8.94. The highest BCUT2D eigenvalue weighted by atomic mass is 16.5. The van der Waals surface area contributed by atoms with Gasteiger partial charge >= 0.3 is 0 Å². The predicted molar refractivity (Wildman–Crippen MR) is 64.5 cm³/mol. The Morgan fingerprint density at radius 2 is 2.25 bits per heavy atom. The molecule has 0 bridgehead atoms. The van der Waals surface area contributed by atoms with Crippen molar-refractivity contribution in [2.24, 2.45) is 0 Å². The number of hydrogen-bond acceptors (Lipinski definition) is 4. The minimum absolute atomic E-state index is 0.0348. The number of nitrogens with zero attached hydrogens (tertiary/aromatic N) is 2. The molecule has 1 aromatic heterocycles. The van der Waals surface area contributed by atoms with Crippen molar-refractivity contribution in [3.05, 3.63) is 23.9 Å². The molecule has 0 radical (unpaired) electrons. The number of aliphatic hydroxyl groups excluding tert-OH is 1. The second kappa shape index (κ2) is 6.45. The largest absolute Gasteiger partial charge is 0.392 e. The number of pyridine rings is 1. The van der Waals surface area contributed by atoms with Gasteiger partial charge in [0.2, 0.25) is 0 Å². The van der Waals surface area contributed by atoms with E-state index in [9.17, 15) is 0 Å². The Labute approximate surface area is 96.9 Å². The summed E-state index contributed by atoms with van der Waals surface area (Å²) in [4.78, 5) is 6.51. The van der Waals surface area contributed by atoms with Crippen LogP contribution in [0.1, 0.15) is 19.4 Å². The molecule has 0 saturated heterocycles. The first kappa shape index (κ1) is 12.9. The number of anilines is 1. The quantitative estimate of drug-likeness (QED) is 0.794. The fourth-order valence-electron chi connectivity index (χ4n) is 1.71. The van der Waals surface area contributed by atoms with Crippen molar-refractivity contribution in [1.29, 1.82) is 0 Å². The lowest BCUT2D eigenvalue weighted by molar-refractivity contribution is 0.181. The zero-order valence-electron chi connectivity index (χ0n) is 10.2. The van der Waals surface area contributed by atoms with E-state index in [2.05, 4.69) is 23.7 Å². The predicted octanol–water partition coefficient (Wildman–Crippen LogP) is 1.44. The third kappa shape index (κ3) is 3.18. The van der Waals surface area contributed by atoms with Gasteiger partial charge in [0.25, 0.3) is 0 Å². The van der Waals surface area contributed by atoms with E-state index in [1.165, 1.54) is 0 Å². The van der Waals surface area contributed by atoms with Crippen molar-refractivity contribution in [2.45, 2.75) is 26.5 Å². The van der Waals surface area contributed by atoms with E-state index in [1.807, 2.05) is 12.1 Å². The average molecular weight is 224 g/mol. The third-order valence-electron chi connectivity index (χ3n) is 2.57. The molecule has 0 amide bonds. The van der Waals surface area contributed by atoms with Crippen LogP contribution in [-0.2, 0) is 11.3 Å². The first-order valence-corrected chi connectivity index (χ1v) is 5.54. The molecule has 0 spiro atoms. The van der Waals surface area contributed by atoms with Gasteiger partial charge in [-0.25, -0.2) is 4.98 Å².